The van der Waals surface area contributed by atoms with Crippen molar-refractivity contribution in [3.05, 3.63) is 35.9 Å². The first-order valence-electron chi connectivity index (χ1n) is 7.13. The van der Waals surface area contributed by atoms with Gasteiger partial charge >= 0.3 is 0 Å². The Bertz CT molecular complexity index is 355. The van der Waals surface area contributed by atoms with Gasteiger partial charge in [0.05, 0.1) is 0 Å². The van der Waals surface area contributed by atoms with E-state index in [1.807, 2.05) is 0 Å². The molecule has 3 unspecified atom stereocenters. The summed E-state index contributed by atoms with van der Waals surface area (Å²) in [5, 5.41) is 3.71. The zero-order valence-electron chi connectivity index (χ0n) is 10.7. The zero-order chi connectivity index (χ0) is 11.7. The van der Waals surface area contributed by atoms with Crippen LogP contribution in [0.1, 0.15) is 44.1 Å². The molecule has 0 bridgehead atoms. The zero-order valence-corrected chi connectivity index (χ0v) is 10.7. The summed E-state index contributed by atoms with van der Waals surface area (Å²) in [6.07, 6.45) is 5.64. The molecule has 17 heavy (non-hydrogen) atoms. The van der Waals surface area contributed by atoms with Gasteiger partial charge in [-0.05, 0) is 49.1 Å². The summed E-state index contributed by atoms with van der Waals surface area (Å²) in [6.45, 7) is 3.64. The Labute approximate surface area is 105 Å². The predicted octanol–water partition coefficient (Wildman–Crippen LogP) is 3.57. The van der Waals surface area contributed by atoms with Crippen LogP contribution in [0.15, 0.2) is 30.3 Å². The molecule has 1 aromatic carbocycles. The van der Waals surface area contributed by atoms with Crippen LogP contribution in [0.5, 0.6) is 0 Å². The number of nitrogens with one attached hydrogen (secondary N) is 1. The van der Waals surface area contributed by atoms with E-state index in [1.54, 1.807) is 5.56 Å². The summed E-state index contributed by atoms with van der Waals surface area (Å²) in [5.41, 5.74) is 1.55. The van der Waals surface area contributed by atoms with Crippen molar-refractivity contribution in [2.45, 2.75) is 44.6 Å². The molecule has 2 aliphatic carbocycles. The monoisotopic (exact) mass is 229 g/mol. The Kier molecular flexibility index (Phi) is 3.19. The van der Waals surface area contributed by atoms with Crippen LogP contribution in [0.3, 0.4) is 0 Å². The minimum atomic E-state index is 0.834. The fraction of sp³-hybridized carbons (Fsp3) is 0.625. The van der Waals surface area contributed by atoms with Crippen LogP contribution in [-0.2, 0) is 0 Å². The van der Waals surface area contributed by atoms with E-state index in [9.17, 15) is 0 Å². The fourth-order valence-corrected chi connectivity index (χ4v) is 3.04. The van der Waals surface area contributed by atoms with Crippen molar-refractivity contribution in [1.82, 2.24) is 5.32 Å². The third kappa shape index (κ3) is 2.55. The lowest BCUT2D eigenvalue weighted by Gasteiger charge is -2.28. The molecule has 1 aromatic rings. The molecule has 0 aromatic heterocycles. The van der Waals surface area contributed by atoms with Gasteiger partial charge in [0, 0.05) is 6.04 Å². The normalized spacial score (nSPS) is 29.7. The van der Waals surface area contributed by atoms with Gasteiger partial charge in [0.25, 0.3) is 0 Å². The second-order valence-electron chi connectivity index (χ2n) is 5.93. The molecule has 0 aliphatic heterocycles. The van der Waals surface area contributed by atoms with Crippen molar-refractivity contribution in [3.8, 4) is 0 Å². The van der Waals surface area contributed by atoms with Crippen LogP contribution in [0.2, 0.25) is 0 Å². The van der Waals surface area contributed by atoms with Crippen molar-refractivity contribution in [1.29, 1.82) is 0 Å². The molecular formula is C16H23N. The van der Waals surface area contributed by atoms with E-state index in [0.29, 0.717) is 0 Å². The highest BCUT2D eigenvalue weighted by Crippen LogP contribution is 2.51. The molecular weight excluding hydrogens is 206 g/mol. The van der Waals surface area contributed by atoms with Gasteiger partial charge in [-0.25, -0.2) is 0 Å². The van der Waals surface area contributed by atoms with Crippen molar-refractivity contribution in [2.24, 2.45) is 11.8 Å². The molecule has 3 rings (SSSR count). The van der Waals surface area contributed by atoms with Crippen molar-refractivity contribution in [3.63, 3.8) is 0 Å². The van der Waals surface area contributed by atoms with Crippen molar-refractivity contribution < 1.29 is 0 Å². The summed E-state index contributed by atoms with van der Waals surface area (Å²) in [7, 11) is 0. The first kappa shape index (κ1) is 11.3. The SMILES string of the molecule is CC(CNC1CCC1)C1CC1c1ccccc1. The number of hydrogen-bond acceptors (Lipinski definition) is 1. The Morgan fingerprint density at radius 3 is 2.65 bits per heavy atom. The molecule has 2 aliphatic rings. The van der Waals surface area contributed by atoms with Gasteiger partial charge < -0.3 is 5.32 Å². The minimum Gasteiger partial charge on any atom is -0.314 e. The first-order valence-corrected chi connectivity index (χ1v) is 7.13. The predicted molar refractivity (Wildman–Crippen MR) is 72.1 cm³/mol. The molecule has 0 radical (unpaired) electrons. The van der Waals surface area contributed by atoms with Gasteiger partial charge in [0.1, 0.15) is 0 Å². The van der Waals surface area contributed by atoms with E-state index < -0.39 is 0 Å². The maximum absolute atomic E-state index is 3.71. The van der Waals surface area contributed by atoms with Gasteiger partial charge in [-0.3, -0.25) is 0 Å². The second-order valence-corrected chi connectivity index (χ2v) is 5.93. The highest BCUT2D eigenvalue weighted by molar-refractivity contribution is 5.25. The quantitative estimate of drug-likeness (QED) is 0.814. The first-order chi connectivity index (χ1) is 8.34. The molecule has 2 saturated carbocycles. The lowest BCUT2D eigenvalue weighted by Crippen LogP contribution is -2.38. The van der Waals surface area contributed by atoms with E-state index in [1.165, 1.54) is 32.2 Å². The molecule has 3 atom stereocenters. The van der Waals surface area contributed by atoms with E-state index in [4.69, 9.17) is 0 Å². The molecule has 2 fully saturated rings. The van der Waals surface area contributed by atoms with E-state index in [0.717, 1.165) is 23.8 Å². The summed E-state index contributed by atoms with van der Waals surface area (Å²) in [5.74, 6) is 2.60. The van der Waals surface area contributed by atoms with Crippen LogP contribution in [0.25, 0.3) is 0 Å². The van der Waals surface area contributed by atoms with E-state index >= 15 is 0 Å². The summed E-state index contributed by atoms with van der Waals surface area (Å²) >= 11 is 0. The summed E-state index contributed by atoms with van der Waals surface area (Å²) in [6, 6.07) is 11.9. The van der Waals surface area contributed by atoms with Gasteiger partial charge in [0.15, 0.2) is 0 Å². The number of hydrogen-bond donors (Lipinski definition) is 1. The lowest BCUT2D eigenvalue weighted by atomic mass is 9.92. The van der Waals surface area contributed by atoms with Gasteiger partial charge in [-0.15, -0.1) is 0 Å². The maximum atomic E-state index is 3.71. The molecule has 0 amide bonds. The fourth-order valence-electron chi connectivity index (χ4n) is 3.04. The standard InChI is InChI=1S/C16H23N/c1-12(11-17-14-8-5-9-14)15-10-16(15)13-6-3-2-4-7-13/h2-4,6-7,12,14-17H,5,8-11H2,1H3. The molecule has 1 nitrogen and oxygen atoms in total. The van der Waals surface area contributed by atoms with Crippen molar-refractivity contribution in [2.75, 3.05) is 6.54 Å². The van der Waals surface area contributed by atoms with Crippen LogP contribution in [0.4, 0.5) is 0 Å². The molecule has 0 heterocycles. The maximum Gasteiger partial charge on any atom is 0.00671 e. The lowest BCUT2D eigenvalue weighted by molar-refractivity contribution is 0.311. The van der Waals surface area contributed by atoms with Crippen LogP contribution in [-0.4, -0.2) is 12.6 Å². The highest BCUT2D eigenvalue weighted by Gasteiger charge is 2.41. The van der Waals surface area contributed by atoms with Crippen LogP contribution < -0.4 is 5.32 Å². The van der Waals surface area contributed by atoms with Gasteiger partial charge in [-0.1, -0.05) is 43.7 Å². The average molecular weight is 229 g/mol. The third-order valence-electron chi connectivity index (χ3n) is 4.63. The molecule has 0 saturated heterocycles. The molecule has 92 valence electrons. The number of benzene rings is 1. The van der Waals surface area contributed by atoms with Crippen LogP contribution in [0, 0.1) is 11.8 Å². The molecule has 1 heteroatoms. The topological polar surface area (TPSA) is 12.0 Å². The van der Waals surface area contributed by atoms with Crippen molar-refractivity contribution >= 4 is 0 Å². The average Bonchev–Trinajstić information content (AvgIpc) is 3.08. The Morgan fingerprint density at radius 2 is 2.00 bits per heavy atom. The third-order valence-corrected chi connectivity index (χ3v) is 4.63. The van der Waals surface area contributed by atoms with Gasteiger partial charge in [-0.2, -0.15) is 0 Å². The summed E-state index contributed by atoms with van der Waals surface area (Å²) < 4.78 is 0. The molecule has 1 N–H and O–H groups in total. The van der Waals surface area contributed by atoms with E-state index in [-0.39, 0.29) is 0 Å². The van der Waals surface area contributed by atoms with Gasteiger partial charge in [0.2, 0.25) is 0 Å². The Hall–Kier alpha value is -0.820. The largest absolute Gasteiger partial charge is 0.314 e. The molecule has 0 spiro atoms. The number of rotatable bonds is 5. The smallest absolute Gasteiger partial charge is 0.00671 e. The minimum absolute atomic E-state index is 0.834. The highest BCUT2D eigenvalue weighted by atomic mass is 14.9. The van der Waals surface area contributed by atoms with Crippen LogP contribution >= 0.6 is 0 Å². The second kappa shape index (κ2) is 4.81. The van der Waals surface area contributed by atoms with E-state index in [2.05, 4.69) is 42.6 Å². The Morgan fingerprint density at radius 1 is 1.24 bits per heavy atom. The summed E-state index contributed by atoms with van der Waals surface area (Å²) in [4.78, 5) is 0. The Balaban J connectivity index is 1.47.